The van der Waals surface area contributed by atoms with Crippen LogP contribution >= 0.6 is 11.6 Å². The zero-order valence-electron chi connectivity index (χ0n) is 10.2. The highest BCUT2D eigenvalue weighted by molar-refractivity contribution is 7.89. The summed E-state index contributed by atoms with van der Waals surface area (Å²) in [7, 11) is -2.02. The van der Waals surface area contributed by atoms with E-state index in [0.717, 1.165) is 25.8 Å². The highest BCUT2D eigenvalue weighted by Crippen LogP contribution is 2.19. The van der Waals surface area contributed by atoms with Gasteiger partial charge in [-0.3, -0.25) is 4.68 Å². The van der Waals surface area contributed by atoms with Gasteiger partial charge in [0.05, 0.1) is 11.2 Å². The van der Waals surface area contributed by atoms with Gasteiger partial charge < -0.3 is 5.32 Å². The van der Waals surface area contributed by atoms with Crippen LogP contribution in [-0.2, 0) is 17.1 Å². The second-order valence-electron chi connectivity index (χ2n) is 4.40. The van der Waals surface area contributed by atoms with Crippen LogP contribution in [0.2, 0.25) is 5.02 Å². The third-order valence-electron chi connectivity index (χ3n) is 3.04. The third kappa shape index (κ3) is 3.03. The first-order valence-corrected chi connectivity index (χ1v) is 7.77. The van der Waals surface area contributed by atoms with Crippen LogP contribution in [0.4, 0.5) is 0 Å². The predicted molar refractivity (Wildman–Crippen MR) is 69.0 cm³/mol. The molecule has 2 rings (SSSR count). The fraction of sp³-hybridized carbons (Fsp3) is 0.700. The normalized spacial score (nSPS) is 20.4. The molecule has 102 valence electrons. The van der Waals surface area contributed by atoms with E-state index >= 15 is 0 Å². The lowest BCUT2D eigenvalue weighted by Crippen LogP contribution is -2.31. The molecule has 18 heavy (non-hydrogen) atoms. The van der Waals surface area contributed by atoms with Crippen LogP contribution in [-0.4, -0.2) is 37.3 Å². The molecule has 0 aromatic carbocycles. The lowest BCUT2D eigenvalue weighted by atomic mass is 10.2. The summed E-state index contributed by atoms with van der Waals surface area (Å²) < 4.78 is 27.9. The van der Waals surface area contributed by atoms with Crippen LogP contribution in [0.1, 0.15) is 19.3 Å². The van der Waals surface area contributed by atoms with Crippen LogP contribution in [0.25, 0.3) is 0 Å². The van der Waals surface area contributed by atoms with E-state index in [4.69, 9.17) is 11.6 Å². The minimum Gasteiger partial charge on any atom is -0.314 e. The van der Waals surface area contributed by atoms with E-state index in [9.17, 15) is 8.42 Å². The fourth-order valence-electron chi connectivity index (χ4n) is 2.14. The number of nitrogens with zero attached hydrogens (tertiary/aromatic N) is 2. The Labute approximate surface area is 112 Å². The first-order valence-electron chi connectivity index (χ1n) is 5.91. The average Bonchev–Trinajstić information content (AvgIpc) is 2.89. The summed E-state index contributed by atoms with van der Waals surface area (Å²) in [5.41, 5.74) is 0. The highest BCUT2D eigenvalue weighted by atomic mass is 35.5. The van der Waals surface area contributed by atoms with E-state index in [1.165, 1.54) is 10.9 Å². The van der Waals surface area contributed by atoms with Crippen molar-refractivity contribution in [1.82, 2.24) is 19.8 Å². The molecule has 1 aliphatic heterocycles. The van der Waals surface area contributed by atoms with Gasteiger partial charge in [0.2, 0.25) is 0 Å². The molecular formula is C10H17ClN4O2S. The van der Waals surface area contributed by atoms with Crippen molar-refractivity contribution in [1.29, 1.82) is 0 Å². The van der Waals surface area contributed by atoms with E-state index in [1.54, 1.807) is 7.05 Å². The summed E-state index contributed by atoms with van der Waals surface area (Å²) in [5.74, 6) is 0. The zero-order valence-corrected chi connectivity index (χ0v) is 11.8. The molecule has 1 aromatic heterocycles. The molecule has 0 radical (unpaired) electrons. The first kappa shape index (κ1) is 13.8. The van der Waals surface area contributed by atoms with Gasteiger partial charge in [-0.1, -0.05) is 11.6 Å². The van der Waals surface area contributed by atoms with Gasteiger partial charge in [0.15, 0.2) is 5.03 Å². The Morgan fingerprint density at radius 3 is 3.00 bits per heavy atom. The maximum Gasteiger partial charge on any atom is 0.259 e. The third-order valence-corrected chi connectivity index (χ3v) is 5.01. The smallest absolute Gasteiger partial charge is 0.259 e. The lowest BCUT2D eigenvalue weighted by Gasteiger charge is -2.11. The molecule has 0 amide bonds. The van der Waals surface area contributed by atoms with Crippen LogP contribution in [0.15, 0.2) is 11.2 Å². The number of aryl methyl sites for hydroxylation is 1. The molecule has 1 aromatic rings. The number of aromatic nitrogens is 2. The monoisotopic (exact) mass is 292 g/mol. The molecule has 8 heteroatoms. The van der Waals surface area contributed by atoms with Crippen molar-refractivity contribution in [3.8, 4) is 0 Å². The number of sulfonamides is 1. The fourth-order valence-corrected chi connectivity index (χ4v) is 3.84. The number of hydrogen-bond donors (Lipinski definition) is 2. The Morgan fingerprint density at radius 2 is 2.44 bits per heavy atom. The first-order chi connectivity index (χ1) is 8.50. The molecule has 0 bridgehead atoms. The van der Waals surface area contributed by atoms with Crippen molar-refractivity contribution in [3.63, 3.8) is 0 Å². The van der Waals surface area contributed by atoms with Crippen molar-refractivity contribution in [2.24, 2.45) is 7.05 Å². The topological polar surface area (TPSA) is 76.0 Å². The molecule has 1 atom stereocenters. The zero-order chi connectivity index (χ0) is 13.2. The minimum atomic E-state index is -3.58. The minimum absolute atomic E-state index is 0.0172. The van der Waals surface area contributed by atoms with Gasteiger partial charge in [0.25, 0.3) is 10.0 Å². The Kier molecular flexibility index (Phi) is 4.26. The molecular weight excluding hydrogens is 276 g/mol. The second kappa shape index (κ2) is 5.56. The summed E-state index contributed by atoms with van der Waals surface area (Å²) in [6, 6.07) is 0.412. The molecule has 1 fully saturated rings. The standard InChI is InChI=1S/C10H17ClN4O2S/c1-15-10(9(11)7-13-15)18(16,17)14-6-4-8-3-2-5-12-8/h7-8,12,14H,2-6H2,1H3/t8-/m1/s1. The molecule has 2 N–H and O–H groups in total. The van der Waals surface area contributed by atoms with Crippen LogP contribution < -0.4 is 10.0 Å². The van der Waals surface area contributed by atoms with E-state index in [0.29, 0.717) is 12.6 Å². The van der Waals surface area contributed by atoms with Crippen molar-refractivity contribution in [3.05, 3.63) is 11.2 Å². The average molecular weight is 293 g/mol. The summed E-state index contributed by atoms with van der Waals surface area (Å²) >= 11 is 5.82. The number of hydrogen-bond acceptors (Lipinski definition) is 4. The van der Waals surface area contributed by atoms with Gasteiger partial charge in [-0.2, -0.15) is 5.10 Å². The molecule has 0 unspecified atom stereocenters. The summed E-state index contributed by atoms with van der Waals surface area (Å²) in [4.78, 5) is 0. The van der Waals surface area contributed by atoms with Gasteiger partial charge in [0.1, 0.15) is 0 Å². The lowest BCUT2D eigenvalue weighted by molar-refractivity contribution is 0.533. The molecule has 0 spiro atoms. The molecule has 0 aliphatic carbocycles. The van der Waals surface area contributed by atoms with Crippen LogP contribution in [0.5, 0.6) is 0 Å². The molecule has 2 heterocycles. The van der Waals surface area contributed by atoms with E-state index in [-0.39, 0.29) is 10.0 Å². The molecule has 6 nitrogen and oxygen atoms in total. The Hall–Kier alpha value is -0.630. The number of halogens is 1. The maximum atomic E-state index is 12.0. The van der Waals surface area contributed by atoms with Crippen LogP contribution in [0, 0.1) is 0 Å². The van der Waals surface area contributed by atoms with Gasteiger partial charge in [-0.15, -0.1) is 0 Å². The SMILES string of the molecule is Cn1ncc(Cl)c1S(=O)(=O)NCC[C@H]1CCCN1. The molecule has 1 aliphatic rings. The Bertz CT molecular complexity index is 488. The van der Waals surface area contributed by atoms with E-state index < -0.39 is 10.0 Å². The van der Waals surface area contributed by atoms with Crippen molar-refractivity contribution in [2.75, 3.05) is 13.1 Å². The Morgan fingerprint density at radius 1 is 1.67 bits per heavy atom. The van der Waals surface area contributed by atoms with Crippen LogP contribution in [0.3, 0.4) is 0 Å². The van der Waals surface area contributed by atoms with Crippen molar-refractivity contribution in [2.45, 2.75) is 30.3 Å². The largest absolute Gasteiger partial charge is 0.314 e. The van der Waals surface area contributed by atoms with Gasteiger partial charge in [0, 0.05) is 19.6 Å². The summed E-state index contributed by atoms with van der Waals surface area (Å²) in [6.45, 7) is 1.42. The number of nitrogens with one attached hydrogen (secondary N) is 2. The van der Waals surface area contributed by atoms with Gasteiger partial charge in [-0.25, -0.2) is 13.1 Å². The van der Waals surface area contributed by atoms with Gasteiger partial charge >= 0.3 is 0 Å². The highest BCUT2D eigenvalue weighted by Gasteiger charge is 2.23. The Balaban J connectivity index is 1.95. The van der Waals surface area contributed by atoms with E-state index in [1.807, 2.05) is 0 Å². The van der Waals surface area contributed by atoms with Crippen molar-refractivity contribution >= 4 is 21.6 Å². The summed E-state index contributed by atoms with van der Waals surface area (Å²) in [5, 5.41) is 7.30. The van der Waals surface area contributed by atoms with Gasteiger partial charge in [-0.05, 0) is 25.8 Å². The molecule has 1 saturated heterocycles. The quantitative estimate of drug-likeness (QED) is 0.828. The maximum absolute atomic E-state index is 12.0. The second-order valence-corrected chi connectivity index (χ2v) is 6.49. The molecule has 0 saturated carbocycles. The predicted octanol–water partition coefficient (Wildman–Crippen LogP) is 0.494. The summed E-state index contributed by atoms with van der Waals surface area (Å²) in [6.07, 6.45) is 4.38. The number of rotatable bonds is 5. The van der Waals surface area contributed by atoms with E-state index in [2.05, 4.69) is 15.1 Å². The van der Waals surface area contributed by atoms with Crippen molar-refractivity contribution < 1.29 is 8.42 Å².